The number of nitrogens with one attached hydrogen (secondary N) is 2. The Kier molecular flexibility index (Phi) is 7.88. The summed E-state index contributed by atoms with van der Waals surface area (Å²) in [5.41, 5.74) is 4.91. The molecular weight excluding hydrogens is 474 g/mol. The van der Waals surface area contributed by atoms with Gasteiger partial charge in [-0.3, -0.25) is 9.59 Å². The van der Waals surface area contributed by atoms with Crippen LogP contribution in [0.2, 0.25) is 0 Å². The molecule has 8 heteroatoms. The fraction of sp³-hybridized carbons (Fsp3) is 0.0833. The summed E-state index contributed by atoms with van der Waals surface area (Å²) < 4.78 is 6.01. The van der Waals surface area contributed by atoms with E-state index in [1.54, 1.807) is 60.7 Å². The number of carbonyl (C=O) groups is 3. The van der Waals surface area contributed by atoms with Crippen LogP contribution in [0, 0.1) is 6.92 Å². The quantitative estimate of drug-likeness (QED) is 0.226. The lowest BCUT2D eigenvalue weighted by Crippen LogP contribution is -2.34. The maximum absolute atomic E-state index is 12.2. The summed E-state index contributed by atoms with van der Waals surface area (Å²) in [6, 6.07) is 20.7. The fourth-order valence-corrected chi connectivity index (χ4v) is 3.12. The van der Waals surface area contributed by atoms with E-state index in [1.165, 1.54) is 6.21 Å². The number of hydrogen-bond donors (Lipinski definition) is 2. The van der Waals surface area contributed by atoms with Crippen LogP contribution >= 0.6 is 15.9 Å². The van der Waals surface area contributed by atoms with Gasteiger partial charge in [-0.15, -0.1) is 0 Å². The van der Waals surface area contributed by atoms with Crippen LogP contribution in [-0.2, 0) is 4.79 Å². The van der Waals surface area contributed by atoms with Crippen LogP contribution in [-0.4, -0.2) is 30.5 Å². The molecule has 3 rings (SSSR count). The van der Waals surface area contributed by atoms with Gasteiger partial charge in [0.25, 0.3) is 11.8 Å². The molecule has 0 atom stereocenters. The molecule has 0 bridgehead atoms. The predicted octanol–water partition coefficient (Wildman–Crippen LogP) is 3.86. The van der Waals surface area contributed by atoms with Crippen molar-refractivity contribution in [2.24, 2.45) is 5.10 Å². The van der Waals surface area contributed by atoms with E-state index >= 15 is 0 Å². The number of benzene rings is 3. The molecule has 0 unspecified atom stereocenters. The second kappa shape index (κ2) is 11.0. The summed E-state index contributed by atoms with van der Waals surface area (Å²) in [5.74, 6) is -0.883. The first-order valence-corrected chi connectivity index (χ1v) is 10.5. The van der Waals surface area contributed by atoms with Crippen LogP contribution < -0.4 is 15.5 Å². The molecule has 0 aliphatic rings. The second-order valence-electron chi connectivity index (χ2n) is 6.78. The van der Waals surface area contributed by atoms with Gasteiger partial charge in [-0.1, -0.05) is 29.8 Å². The number of amides is 2. The minimum atomic E-state index is -0.473. The van der Waals surface area contributed by atoms with Gasteiger partial charge < -0.3 is 10.1 Å². The Morgan fingerprint density at radius 3 is 2.47 bits per heavy atom. The summed E-state index contributed by atoms with van der Waals surface area (Å²) in [6.45, 7) is 1.69. The van der Waals surface area contributed by atoms with Crippen molar-refractivity contribution in [1.82, 2.24) is 10.7 Å². The van der Waals surface area contributed by atoms with E-state index in [0.717, 1.165) is 5.56 Å². The molecule has 0 aliphatic heterocycles. The van der Waals surface area contributed by atoms with Crippen molar-refractivity contribution in [2.75, 3.05) is 6.54 Å². The molecule has 0 heterocycles. The lowest BCUT2D eigenvalue weighted by molar-refractivity contribution is -0.120. The number of aryl methyl sites for hydroxylation is 1. The zero-order valence-electron chi connectivity index (χ0n) is 17.2. The monoisotopic (exact) mass is 493 g/mol. The Morgan fingerprint density at radius 2 is 1.75 bits per heavy atom. The third kappa shape index (κ3) is 6.61. The van der Waals surface area contributed by atoms with Gasteiger partial charge in [-0.05, 0) is 76.9 Å². The van der Waals surface area contributed by atoms with Crippen LogP contribution in [0.25, 0.3) is 0 Å². The van der Waals surface area contributed by atoms with Crippen molar-refractivity contribution >= 4 is 39.9 Å². The second-order valence-corrected chi connectivity index (χ2v) is 7.64. The minimum Gasteiger partial charge on any atom is -0.423 e. The Labute approximate surface area is 193 Å². The topological polar surface area (TPSA) is 96.9 Å². The highest BCUT2D eigenvalue weighted by atomic mass is 79.9. The number of nitrogens with zero attached hydrogens (tertiary/aromatic N) is 1. The normalized spacial score (nSPS) is 10.6. The van der Waals surface area contributed by atoms with Gasteiger partial charge in [-0.25, -0.2) is 10.2 Å². The minimum absolute atomic E-state index is 0.200. The Bertz CT molecular complexity index is 1160. The molecule has 0 aliphatic carbocycles. The summed E-state index contributed by atoms with van der Waals surface area (Å²) in [4.78, 5) is 36.1. The van der Waals surface area contributed by atoms with E-state index < -0.39 is 11.9 Å². The summed E-state index contributed by atoms with van der Waals surface area (Å²) >= 11 is 3.32. The van der Waals surface area contributed by atoms with Crippen LogP contribution in [0.4, 0.5) is 0 Å². The molecule has 2 amide bonds. The third-order valence-corrected chi connectivity index (χ3v) is 4.97. The zero-order valence-corrected chi connectivity index (χ0v) is 18.8. The molecule has 3 aromatic carbocycles. The smallest absolute Gasteiger partial charge is 0.344 e. The first-order chi connectivity index (χ1) is 15.4. The van der Waals surface area contributed by atoms with E-state index in [0.29, 0.717) is 26.9 Å². The van der Waals surface area contributed by atoms with Gasteiger partial charge in [0, 0.05) is 10.0 Å². The number of rotatable bonds is 7. The average Bonchev–Trinajstić information content (AvgIpc) is 2.79. The molecular formula is C24H20BrN3O4. The van der Waals surface area contributed by atoms with E-state index in [-0.39, 0.29) is 12.5 Å². The molecule has 3 aromatic rings. The maximum atomic E-state index is 12.2. The van der Waals surface area contributed by atoms with Crippen LogP contribution in [0.15, 0.2) is 82.4 Å². The Morgan fingerprint density at radius 1 is 1.00 bits per heavy atom. The van der Waals surface area contributed by atoms with E-state index in [1.807, 2.05) is 19.1 Å². The molecule has 162 valence electrons. The number of ether oxygens (including phenoxy) is 1. The summed E-state index contributed by atoms with van der Waals surface area (Å²) in [6.07, 6.45) is 1.44. The van der Waals surface area contributed by atoms with Gasteiger partial charge in [0.15, 0.2) is 0 Å². The number of hydrogen-bond acceptors (Lipinski definition) is 5. The largest absolute Gasteiger partial charge is 0.423 e. The fourth-order valence-electron chi connectivity index (χ4n) is 2.68. The SMILES string of the molecule is Cc1cccc(C(=O)NCC(=O)NN=Cc2ccc(OC(=O)c3ccccc3Br)cc2)c1. The van der Waals surface area contributed by atoms with E-state index in [2.05, 4.69) is 31.8 Å². The number of esters is 1. The first kappa shape index (κ1) is 22.9. The van der Waals surface area contributed by atoms with E-state index in [4.69, 9.17) is 4.74 Å². The van der Waals surface area contributed by atoms with Crippen molar-refractivity contribution in [3.8, 4) is 5.75 Å². The van der Waals surface area contributed by atoms with Crippen LogP contribution in [0.5, 0.6) is 5.75 Å². The van der Waals surface area contributed by atoms with Crippen LogP contribution in [0.1, 0.15) is 31.8 Å². The molecule has 0 saturated carbocycles. The first-order valence-electron chi connectivity index (χ1n) is 9.66. The zero-order chi connectivity index (χ0) is 22.9. The van der Waals surface area contributed by atoms with Crippen LogP contribution in [0.3, 0.4) is 0 Å². The molecule has 7 nitrogen and oxygen atoms in total. The molecule has 0 radical (unpaired) electrons. The number of hydrazone groups is 1. The van der Waals surface area contributed by atoms with Crippen molar-refractivity contribution in [3.63, 3.8) is 0 Å². The van der Waals surface area contributed by atoms with Crippen molar-refractivity contribution in [1.29, 1.82) is 0 Å². The molecule has 0 aromatic heterocycles. The standard InChI is InChI=1S/C24H20BrN3O4/c1-16-5-4-6-18(13-16)23(30)26-15-22(29)28-27-14-17-9-11-19(12-10-17)32-24(31)20-7-2-3-8-21(20)25/h2-14H,15H2,1H3,(H,26,30)(H,28,29). The lowest BCUT2D eigenvalue weighted by Gasteiger charge is -2.06. The number of carbonyl (C=O) groups excluding carboxylic acids is 3. The van der Waals surface area contributed by atoms with Gasteiger partial charge >= 0.3 is 5.97 Å². The van der Waals surface area contributed by atoms with E-state index in [9.17, 15) is 14.4 Å². The van der Waals surface area contributed by atoms with Gasteiger partial charge in [-0.2, -0.15) is 5.10 Å². The van der Waals surface area contributed by atoms with Gasteiger partial charge in [0.1, 0.15) is 5.75 Å². The predicted molar refractivity (Wildman–Crippen MR) is 125 cm³/mol. The molecule has 0 saturated heterocycles. The Hall–Kier alpha value is -3.78. The highest BCUT2D eigenvalue weighted by Crippen LogP contribution is 2.19. The summed E-state index contributed by atoms with van der Waals surface area (Å²) in [7, 11) is 0. The van der Waals surface area contributed by atoms with Gasteiger partial charge in [0.05, 0.1) is 18.3 Å². The van der Waals surface area contributed by atoms with Crippen molar-refractivity contribution in [3.05, 3.63) is 99.5 Å². The van der Waals surface area contributed by atoms with Gasteiger partial charge in [0.2, 0.25) is 0 Å². The Balaban J connectivity index is 1.46. The molecule has 32 heavy (non-hydrogen) atoms. The highest BCUT2D eigenvalue weighted by Gasteiger charge is 2.11. The van der Waals surface area contributed by atoms with Crippen molar-refractivity contribution in [2.45, 2.75) is 6.92 Å². The summed E-state index contributed by atoms with van der Waals surface area (Å²) in [5, 5.41) is 6.41. The highest BCUT2D eigenvalue weighted by molar-refractivity contribution is 9.10. The molecule has 2 N–H and O–H groups in total. The lowest BCUT2D eigenvalue weighted by atomic mass is 10.1. The number of halogens is 1. The molecule has 0 spiro atoms. The maximum Gasteiger partial charge on any atom is 0.344 e. The van der Waals surface area contributed by atoms with Crippen molar-refractivity contribution < 1.29 is 19.1 Å². The third-order valence-electron chi connectivity index (χ3n) is 4.28. The average molecular weight is 494 g/mol. The molecule has 0 fully saturated rings.